The Balaban J connectivity index is 1.70. The molecule has 1 fully saturated rings. The van der Waals surface area contributed by atoms with Crippen LogP contribution in [0.15, 0.2) is 47.5 Å². The minimum Gasteiger partial charge on any atom is -0.316 e. The number of aliphatic imine (C=N–C) groups is 1. The molecule has 0 aromatic heterocycles. The van der Waals surface area contributed by atoms with E-state index in [4.69, 9.17) is 33.5 Å². The lowest BCUT2D eigenvalue weighted by atomic mass is 9.78. The van der Waals surface area contributed by atoms with Gasteiger partial charge >= 0.3 is 0 Å². The number of hydrogen-bond acceptors (Lipinski definition) is 3. The van der Waals surface area contributed by atoms with E-state index in [2.05, 4.69) is 6.07 Å². The van der Waals surface area contributed by atoms with Crippen LogP contribution in [0.4, 0.5) is 0 Å². The second kappa shape index (κ2) is 6.42. The summed E-state index contributed by atoms with van der Waals surface area (Å²) in [4.78, 5) is 19.3. The van der Waals surface area contributed by atoms with Gasteiger partial charge in [-0.15, -0.1) is 0 Å². The third-order valence-corrected chi connectivity index (χ3v) is 5.69. The van der Waals surface area contributed by atoms with Crippen LogP contribution < -0.4 is 0 Å². The van der Waals surface area contributed by atoms with E-state index in [-0.39, 0.29) is 30.5 Å². The Kier molecular flexibility index (Phi) is 4.22. The SMILES string of the molecule is CC1C(c2ccc(Cl)cc2Cl)C2N=C(c3ccc(C#N)cc3)CC(=O)N12. The van der Waals surface area contributed by atoms with Crippen molar-refractivity contribution in [1.29, 1.82) is 5.26 Å². The Morgan fingerprint density at radius 3 is 2.58 bits per heavy atom. The fraction of sp³-hybridized carbons (Fsp3) is 0.250. The van der Waals surface area contributed by atoms with E-state index in [1.807, 2.05) is 36.1 Å². The molecule has 4 rings (SSSR count). The van der Waals surface area contributed by atoms with Gasteiger partial charge in [0.1, 0.15) is 6.17 Å². The summed E-state index contributed by atoms with van der Waals surface area (Å²) < 4.78 is 0. The summed E-state index contributed by atoms with van der Waals surface area (Å²) in [5.74, 6) is 0.107. The Bertz CT molecular complexity index is 962. The van der Waals surface area contributed by atoms with E-state index >= 15 is 0 Å². The zero-order valence-electron chi connectivity index (χ0n) is 14.0. The van der Waals surface area contributed by atoms with Gasteiger partial charge in [-0.3, -0.25) is 9.79 Å². The van der Waals surface area contributed by atoms with Crippen molar-refractivity contribution in [1.82, 2.24) is 4.90 Å². The Morgan fingerprint density at radius 2 is 1.92 bits per heavy atom. The molecule has 0 aliphatic carbocycles. The zero-order chi connectivity index (χ0) is 18.4. The molecule has 3 atom stereocenters. The van der Waals surface area contributed by atoms with Crippen molar-refractivity contribution < 1.29 is 4.79 Å². The molecule has 2 aliphatic heterocycles. The van der Waals surface area contributed by atoms with E-state index in [0.29, 0.717) is 15.6 Å². The van der Waals surface area contributed by atoms with Gasteiger partial charge < -0.3 is 4.90 Å². The van der Waals surface area contributed by atoms with Gasteiger partial charge in [-0.25, -0.2) is 0 Å². The molecule has 2 heterocycles. The first-order valence-electron chi connectivity index (χ1n) is 8.33. The van der Waals surface area contributed by atoms with Crippen LogP contribution in [0.2, 0.25) is 10.0 Å². The second-order valence-corrected chi connectivity index (χ2v) is 7.43. The predicted molar refractivity (Wildman–Crippen MR) is 102 cm³/mol. The summed E-state index contributed by atoms with van der Waals surface area (Å²) in [6, 6.07) is 14.8. The summed E-state index contributed by atoms with van der Waals surface area (Å²) in [6.07, 6.45) is 0.0175. The lowest BCUT2D eigenvalue weighted by Gasteiger charge is -2.54. The van der Waals surface area contributed by atoms with Crippen LogP contribution >= 0.6 is 23.2 Å². The highest BCUT2D eigenvalue weighted by molar-refractivity contribution is 6.35. The molecular formula is C20H15Cl2N3O. The molecule has 0 bridgehead atoms. The molecule has 0 saturated carbocycles. The first-order valence-corrected chi connectivity index (χ1v) is 9.08. The molecule has 3 unspecified atom stereocenters. The van der Waals surface area contributed by atoms with Crippen LogP contribution in [0.5, 0.6) is 0 Å². The maximum atomic E-state index is 12.6. The third kappa shape index (κ3) is 2.68. The van der Waals surface area contributed by atoms with Crippen LogP contribution in [0.3, 0.4) is 0 Å². The highest BCUT2D eigenvalue weighted by Crippen LogP contribution is 2.46. The molecule has 0 radical (unpaired) electrons. The average molecular weight is 384 g/mol. The van der Waals surface area contributed by atoms with E-state index < -0.39 is 0 Å². The van der Waals surface area contributed by atoms with Crippen molar-refractivity contribution in [2.24, 2.45) is 4.99 Å². The minimum atomic E-state index is -0.254. The van der Waals surface area contributed by atoms with Crippen molar-refractivity contribution in [2.75, 3.05) is 0 Å². The zero-order valence-corrected chi connectivity index (χ0v) is 15.5. The summed E-state index contributed by atoms with van der Waals surface area (Å²) in [6.45, 7) is 2.02. The van der Waals surface area contributed by atoms with Gasteiger partial charge in [-0.05, 0) is 42.3 Å². The molecule has 4 nitrogen and oxygen atoms in total. The number of carbonyl (C=O) groups excluding carboxylic acids is 1. The van der Waals surface area contributed by atoms with Gasteiger partial charge in [0.2, 0.25) is 5.91 Å². The molecule has 2 aromatic rings. The van der Waals surface area contributed by atoms with Crippen LogP contribution in [0, 0.1) is 11.3 Å². The Hall–Kier alpha value is -2.35. The van der Waals surface area contributed by atoms with E-state index in [0.717, 1.165) is 16.8 Å². The lowest BCUT2D eigenvalue weighted by molar-refractivity contribution is -0.146. The lowest BCUT2D eigenvalue weighted by Crippen LogP contribution is -2.64. The van der Waals surface area contributed by atoms with Gasteiger partial charge in [0, 0.05) is 22.0 Å². The molecule has 1 saturated heterocycles. The van der Waals surface area contributed by atoms with E-state index in [9.17, 15) is 4.79 Å². The number of amides is 1. The first-order chi connectivity index (χ1) is 12.5. The maximum Gasteiger partial charge on any atom is 0.230 e. The van der Waals surface area contributed by atoms with Crippen molar-refractivity contribution in [2.45, 2.75) is 31.5 Å². The number of rotatable bonds is 2. The van der Waals surface area contributed by atoms with E-state index in [1.165, 1.54) is 0 Å². The molecule has 0 spiro atoms. The van der Waals surface area contributed by atoms with Crippen LogP contribution in [-0.4, -0.2) is 28.7 Å². The fourth-order valence-corrected chi connectivity index (χ4v) is 4.33. The smallest absolute Gasteiger partial charge is 0.230 e. The summed E-state index contributed by atoms with van der Waals surface area (Å²) in [5, 5.41) is 10.1. The number of carbonyl (C=O) groups is 1. The number of hydrogen-bond donors (Lipinski definition) is 0. The molecule has 6 heteroatoms. The Morgan fingerprint density at radius 1 is 1.19 bits per heavy atom. The highest BCUT2D eigenvalue weighted by Gasteiger charge is 2.51. The number of fused-ring (bicyclic) bond motifs is 1. The molecule has 0 N–H and O–H groups in total. The summed E-state index contributed by atoms with van der Waals surface area (Å²) >= 11 is 12.4. The maximum absolute atomic E-state index is 12.6. The van der Waals surface area contributed by atoms with Gasteiger partial charge in [0.05, 0.1) is 23.8 Å². The average Bonchev–Trinajstić information content (AvgIpc) is 2.63. The Labute approximate surface area is 161 Å². The fourth-order valence-electron chi connectivity index (χ4n) is 3.80. The third-order valence-electron chi connectivity index (χ3n) is 5.13. The van der Waals surface area contributed by atoms with Gasteiger partial charge in [-0.2, -0.15) is 5.26 Å². The van der Waals surface area contributed by atoms with Crippen molar-refractivity contribution >= 4 is 34.8 Å². The minimum absolute atomic E-state index is 0.0393. The molecular weight excluding hydrogens is 369 g/mol. The number of nitriles is 1. The monoisotopic (exact) mass is 383 g/mol. The molecule has 1 amide bonds. The predicted octanol–water partition coefficient (Wildman–Crippen LogP) is 4.40. The standard InChI is InChI=1S/C20H15Cl2N3O/c1-11-19(15-7-6-14(21)8-16(15)22)20-24-17(9-18(26)25(11)20)13-4-2-12(10-23)3-5-13/h2-8,11,19-20H,9H2,1H3. The molecule has 130 valence electrons. The number of benzene rings is 2. The van der Waals surface area contributed by atoms with Crippen LogP contribution in [0.1, 0.15) is 36.0 Å². The topological polar surface area (TPSA) is 56.5 Å². The summed E-state index contributed by atoms with van der Waals surface area (Å²) in [5.41, 5.74) is 3.17. The summed E-state index contributed by atoms with van der Waals surface area (Å²) in [7, 11) is 0. The first kappa shape index (κ1) is 17.1. The van der Waals surface area contributed by atoms with Crippen molar-refractivity contribution in [3.05, 3.63) is 69.2 Å². The van der Waals surface area contributed by atoms with Gasteiger partial charge in [-0.1, -0.05) is 41.4 Å². The highest BCUT2D eigenvalue weighted by atomic mass is 35.5. The van der Waals surface area contributed by atoms with Crippen molar-refractivity contribution in [3.8, 4) is 6.07 Å². The number of nitrogens with zero attached hydrogens (tertiary/aromatic N) is 3. The van der Waals surface area contributed by atoms with E-state index in [1.54, 1.807) is 18.2 Å². The largest absolute Gasteiger partial charge is 0.316 e. The quantitative estimate of drug-likeness (QED) is 0.771. The second-order valence-electron chi connectivity index (χ2n) is 6.59. The normalized spacial score (nSPS) is 24.4. The number of halogens is 2. The molecule has 2 aromatic carbocycles. The van der Waals surface area contributed by atoms with Crippen LogP contribution in [-0.2, 0) is 4.79 Å². The molecule has 2 aliphatic rings. The van der Waals surface area contributed by atoms with Gasteiger partial charge in [0.25, 0.3) is 0 Å². The van der Waals surface area contributed by atoms with Gasteiger partial charge in [0.15, 0.2) is 0 Å². The van der Waals surface area contributed by atoms with Crippen molar-refractivity contribution in [3.63, 3.8) is 0 Å². The molecule has 26 heavy (non-hydrogen) atoms. The van der Waals surface area contributed by atoms with Crippen LogP contribution in [0.25, 0.3) is 0 Å².